The summed E-state index contributed by atoms with van der Waals surface area (Å²) in [6.07, 6.45) is 8.75. The number of rotatable bonds is 3. The molecule has 2 heterocycles. The van der Waals surface area contributed by atoms with Crippen LogP contribution in [0.2, 0.25) is 0 Å². The van der Waals surface area contributed by atoms with E-state index >= 15 is 0 Å². The van der Waals surface area contributed by atoms with Crippen LogP contribution in [0.1, 0.15) is 49.8 Å². The summed E-state index contributed by atoms with van der Waals surface area (Å²) in [4.78, 5) is 3.78. The van der Waals surface area contributed by atoms with Gasteiger partial charge in [-0.2, -0.15) is 0 Å². The smallest absolute Gasteiger partial charge is 0.103 e. The van der Waals surface area contributed by atoms with E-state index in [1.807, 2.05) is 0 Å². The highest BCUT2D eigenvalue weighted by Crippen LogP contribution is 2.45. The molecule has 0 amide bonds. The van der Waals surface area contributed by atoms with Crippen LogP contribution in [0.15, 0.2) is 17.5 Å². The van der Waals surface area contributed by atoms with Gasteiger partial charge in [0.1, 0.15) is 5.60 Å². The summed E-state index contributed by atoms with van der Waals surface area (Å²) < 4.78 is 0. The number of thiophene rings is 1. The molecule has 0 aromatic carbocycles. The fourth-order valence-electron chi connectivity index (χ4n) is 3.78. The minimum absolute atomic E-state index is 0.434. The van der Waals surface area contributed by atoms with Gasteiger partial charge in [-0.25, -0.2) is 0 Å². The molecule has 2 aliphatic rings. The van der Waals surface area contributed by atoms with Crippen LogP contribution in [0.25, 0.3) is 0 Å². The highest BCUT2D eigenvalue weighted by Gasteiger charge is 2.43. The van der Waals surface area contributed by atoms with Crippen LogP contribution >= 0.6 is 11.3 Å². The van der Waals surface area contributed by atoms with Gasteiger partial charge in [-0.15, -0.1) is 11.3 Å². The molecule has 0 spiro atoms. The van der Waals surface area contributed by atoms with Crippen LogP contribution in [-0.2, 0) is 5.60 Å². The van der Waals surface area contributed by atoms with Gasteiger partial charge in [-0.1, -0.05) is 18.9 Å². The summed E-state index contributed by atoms with van der Waals surface area (Å²) in [5.74, 6) is 0.434. The Hall–Kier alpha value is -0.380. The second kappa shape index (κ2) is 5.94. The molecule has 1 aliphatic heterocycles. The van der Waals surface area contributed by atoms with Gasteiger partial charge in [0.15, 0.2) is 0 Å². The fourth-order valence-corrected chi connectivity index (χ4v) is 4.72. The fraction of sp³-hybridized carbons (Fsp3) is 0.750. The molecule has 19 heavy (non-hydrogen) atoms. The standard InChI is InChI=1S/C16H25NOS/c18-16(15-8-6-12-19-15)9-5-7-14(16)13-17-10-3-1-2-4-11-17/h6,8,12,14,18H,1-5,7,9-11,13H2. The van der Waals surface area contributed by atoms with E-state index in [0.29, 0.717) is 5.92 Å². The van der Waals surface area contributed by atoms with Gasteiger partial charge in [-0.05, 0) is 56.6 Å². The minimum Gasteiger partial charge on any atom is -0.384 e. The van der Waals surface area contributed by atoms with Crippen LogP contribution in [0.5, 0.6) is 0 Å². The van der Waals surface area contributed by atoms with Gasteiger partial charge in [0.2, 0.25) is 0 Å². The average Bonchev–Trinajstić information content (AvgIpc) is 2.98. The van der Waals surface area contributed by atoms with Gasteiger partial charge >= 0.3 is 0 Å². The number of hydrogen-bond donors (Lipinski definition) is 1. The second-order valence-electron chi connectivity index (χ2n) is 6.21. The van der Waals surface area contributed by atoms with E-state index in [1.165, 1.54) is 56.5 Å². The third-order valence-electron chi connectivity index (χ3n) is 4.91. The first kappa shape index (κ1) is 13.6. The Balaban J connectivity index is 1.69. The molecule has 2 atom stereocenters. The van der Waals surface area contributed by atoms with Gasteiger partial charge in [0.25, 0.3) is 0 Å². The Bertz CT molecular complexity index is 383. The first-order valence-corrected chi connectivity index (χ1v) is 8.66. The third kappa shape index (κ3) is 2.88. The number of likely N-dealkylation sites (tertiary alicyclic amines) is 1. The van der Waals surface area contributed by atoms with Crippen LogP contribution < -0.4 is 0 Å². The van der Waals surface area contributed by atoms with Gasteiger partial charge in [-0.3, -0.25) is 0 Å². The predicted molar refractivity (Wildman–Crippen MR) is 80.5 cm³/mol. The Morgan fingerprint density at radius 3 is 2.68 bits per heavy atom. The Kier molecular flexibility index (Phi) is 4.25. The Labute approximate surface area is 120 Å². The lowest BCUT2D eigenvalue weighted by atomic mass is 9.88. The van der Waals surface area contributed by atoms with Gasteiger partial charge in [0, 0.05) is 17.3 Å². The van der Waals surface area contributed by atoms with E-state index in [-0.39, 0.29) is 0 Å². The molecule has 1 saturated carbocycles. The Morgan fingerprint density at radius 2 is 2.00 bits per heavy atom. The zero-order valence-corrected chi connectivity index (χ0v) is 12.5. The summed E-state index contributed by atoms with van der Waals surface area (Å²) in [7, 11) is 0. The van der Waals surface area contributed by atoms with Crippen molar-refractivity contribution in [1.29, 1.82) is 0 Å². The molecular formula is C16H25NOS. The molecule has 1 N–H and O–H groups in total. The van der Waals surface area contributed by atoms with Crippen molar-refractivity contribution in [2.45, 2.75) is 50.5 Å². The van der Waals surface area contributed by atoms with Crippen molar-refractivity contribution in [2.75, 3.05) is 19.6 Å². The van der Waals surface area contributed by atoms with Crippen molar-refractivity contribution in [2.24, 2.45) is 5.92 Å². The normalized spacial score (nSPS) is 33.4. The first-order chi connectivity index (χ1) is 9.29. The van der Waals surface area contributed by atoms with Crippen molar-refractivity contribution in [3.63, 3.8) is 0 Å². The van der Waals surface area contributed by atoms with Crippen molar-refractivity contribution >= 4 is 11.3 Å². The summed E-state index contributed by atoms with van der Waals surface area (Å²) in [6, 6.07) is 4.19. The number of nitrogens with zero attached hydrogens (tertiary/aromatic N) is 1. The van der Waals surface area contributed by atoms with E-state index in [0.717, 1.165) is 13.0 Å². The quantitative estimate of drug-likeness (QED) is 0.913. The highest BCUT2D eigenvalue weighted by atomic mass is 32.1. The first-order valence-electron chi connectivity index (χ1n) is 7.78. The van der Waals surface area contributed by atoms with Crippen LogP contribution in [-0.4, -0.2) is 29.6 Å². The molecule has 2 fully saturated rings. The maximum Gasteiger partial charge on any atom is 0.103 e. The van der Waals surface area contributed by atoms with Crippen LogP contribution in [0, 0.1) is 5.92 Å². The minimum atomic E-state index is -0.541. The highest BCUT2D eigenvalue weighted by molar-refractivity contribution is 7.10. The zero-order valence-electron chi connectivity index (χ0n) is 11.7. The van der Waals surface area contributed by atoms with E-state index in [4.69, 9.17) is 0 Å². The van der Waals surface area contributed by atoms with Gasteiger partial charge < -0.3 is 10.0 Å². The molecule has 3 heteroatoms. The monoisotopic (exact) mass is 279 g/mol. The Morgan fingerprint density at radius 1 is 1.21 bits per heavy atom. The predicted octanol–water partition coefficient (Wildman–Crippen LogP) is 3.61. The van der Waals surface area contributed by atoms with E-state index < -0.39 is 5.60 Å². The van der Waals surface area contributed by atoms with Gasteiger partial charge in [0.05, 0.1) is 0 Å². The largest absolute Gasteiger partial charge is 0.384 e. The van der Waals surface area contributed by atoms with E-state index in [2.05, 4.69) is 22.4 Å². The molecule has 0 bridgehead atoms. The second-order valence-corrected chi connectivity index (χ2v) is 7.15. The summed E-state index contributed by atoms with van der Waals surface area (Å²) in [6.45, 7) is 3.56. The molecule has 1 saturated heterocycles. The molecule has 1 aromatic rings. The summed E-state index contributed by atoms with van der Waals surface area (Å²) in [5, 5.41) is 13.2. The van der Waals surface area contributed by atoms with Crippen molar-refractivity contribution in [1.82, 2.24) is 4.90 Å². The van der Waals surface area contributed by atoms with Crippen molar-refractivity contribution in [3.05, 3.63) is 22.4 Å². The lowest BCUT2D eigenvalue weighted by molar-refractivity contribution is -0.0123. The van der Waals surface area contributed by atoms with Crippen LogP contribution in [0.4, 0.5) is 0 Å². The average molecular weight is 279 g/mol. The molecule has 1 aromatic heterocycles. The molecule has 2 unspecified atom stereocenters. The molecule has 1 aliphatic carbocycles. The lowest BCUT2D eigenvalue weighted by Gasteiger charge is -2.33. The van der Waals surface area contributed by atoms with Crippen molar-refractivity contribution < 1.29 is 5.11 Å². The zero-order chi connectivity index (χ0) is 13.1. The van der Waals surface area contributed by atoms with Crippen molar-refractivity contribution in [3.8, 4) is 0 Å². The summed E-state index contributed by atoms with van der Waals surface area (Å²) >= 11 is 1.72. The lowest BCUT2D eigenvalue weighted by Crippen LogP contribution is -2.39. The van der Waals surface area contributed by atoms with E-state index in [1.54, 1.807) is 11.3 Å². The topological polar surface area (TPSA) is 23.5 Å². The molecule has 106 valence electrons. The molecule has 2 nitrogen and oxygen atoms in total. The summed E-state index contributed by atoms with van der Waals surface area (Å²) in [5.41, 5.74) is -0.541. The SMILES string of the molecule is OC1(c2cccs2)CCCC1CN1CCCCCC1. The maximum atomic E-state index is 11.1. The third-order valence-corrected chi connectivity index (χ3v) is 5.95. The van der Waals surface area contributed by atoms with Crippen LogP contribution in [0.3, 0.4) is 0 Å². The molecular weight excluding hydrogens is 254 g/mol. The molecule has 3 rings (SSSR count). The van der Waals surface area contributed by atoms with E-state index in [9.17, 15) is 5.11 Å². The molecule has 0 radical (unpaired) electrons. The maximum absolute atomic E-state index is 11.1. The number of aliphatic hydroxyl groups is 1. The number of hydrogen-bond acceptors (Lipinski definition) is 3.